The highest BCUT2D eigenvalue weighted by Crippen LogP contribution is 2.34. The number of ether oxygens (including phenoxy) is 3. The number of nitrogens with zero attached hydrogens (tertiary/aromatic N) is 6. The summed E-state index contributed by atoms with van der Waals surface area (Å²) in [5.41, 5.74) is 1.38. The van der Waals surface area contributed by atoms with Crippen LogP contribution >= 0.6 is 0 Å². The van der Waals surface area contributed by atoms with Gasteiger partial charge in [-0.3, -0.25) is 4.79 Å². The van der Waals surface area contributed by atoms with Crippen molar-refractivity contribution in [3.05, 3.63) is 41.7 Å². The van der Waals surface area contributed by atoms with Gasteiger partial charge in [0.1, 0.15) is 16.9 Å². The van der Waals surface area contributed by atoms with E-state index in [0.717, 1.165) is 56.5 Å². The van der Waals surface area contributed by atoms with E-state index in [2.05, 4.69) is 25.5 Å². The van der Waals surface area contributed by atoms with E-state index in [1.807, 2.05) is 49.4 Å². The standard InChI is InChI=1S/C35H49N7O5/c1-23(37-33(43)26-14-16-29(45-5)32-27(26)20-36-42(32)31-13-6-7-19-46-31)28-15-17-30(39-38-28)40-18-9-12-25(22-40)41(21-24-10-8-11-24)34(44)47-35(2,3)4/h14-17,20,23-25,31H,6-13,18-19,21-22H2,1-5H3,(H,37,43)/t23?,25-,31?/m1/s1. The molecule has 1 saturated carbocycles. The molecule has 1 aliphatic carbocycles. The van der Waals surface area contributed by atoms with Gasteiger partial charge < -0.3 is 29.3 Å². The highest BCUT2D eigenvalue weighted by Gasteiger charge is 2.35. The largest absolute Gasteiger partial charge is 0.494 e. The molecule has 2 aromatic heterocycles. The quantitative estimate of drug-likeness (QED) is 0.296. The van der Waals surface area contributed by atoms with Gasteiger partial charge >= 0.3 is 6.09 Å². The second-order valence-electron chi connectivity index (χ2n) is 14.2. The lowest BCUT2D eigenvalue weighted by Gasteiger charge is -2.42. The number of piperidine rings is 1. The fraction of sp³-hybridized carbons (Fsp3) is 0.629. The lowest BCUT2D eigenvalue weighted by Crippen LogP contribution is -2.53. The van der Waals surface area contributed by atoms with Gasteiger partial charge in [-0.1, -0.05) is 6.42 Å². The molecule has 2 unspecified atom stereocenters. The Labute approximate surface area is 277 Å². The minimum atomic E-state index is -0.540. The number of benzene rings is 1. The van der Waals surface area contributed by atoms with Crippen LogP contribution < -0.4 is 15.0 Å². The number of aromatic nitrogens is 4. The van der Waals surface area contributed by atoms with Crippen molar-refractivity contribution in [2.24, 2.45) is 5.92 Å². The molecule has 2 aliphatic heterocycles. The number of rotatable bonds is 9. The summed E-state index contributed by atoms with van der Waals surface area (Å²) in [7, 11) is 1.62. The Morgan fingerprint density at radius 1 is 1.06 bits per heavy atom. The fourth-order valence-electron chi connectivity index (χ4n) is 6.78. The Morgan fingerprint density at radius 2 is 1.89 bits per heavy atom. The summed E-state index contributed by atoms with van der Waals surface area (Å²) in [6, 6.07) is 7.12. The number of anilines is 1. The van der Waals surface area contributed by atoms with Crippen molar-refractivity contribution in [3.63, 3.8) is 0 Å². The van der Waals surface area contributed by atoms with Gasteiger partial charge in [0.2, 0.25) is 0 Å². The van der Waals surface area contributed by atoms with Gasteiger partial charge in [-0.25, -0.2) is 9.48 Å². The average Bonchev–Trinajstić information content (AvgIpc) is 3.49. The number of hydrogen-bond donors (Lipinski definition) is 1. The second-order valence-corrected chi connectivity index (χ2v) is 14.2. The van der Waals surface area contributed by atoms with Crippen LogP contribution in [0.1, 0.15) is 107 Å². The molecule has 3 aromatic rings. The minimum Gasteiger partial charge on any atom is -0.494 e. The number of nitrogens with one attached hydrogen (secondary N) is 1. The van der Waals surface area contributed by atoms with Crippen LogP contribution in [0.15, 0.2) is 30.5 Å². The zero-order chi connectivity index (χ0) is 33.1. The Hall–Kier alpha value is -3.93. The van der Waals surface area contributed by atoms with E-state index in [-0.39, 0.29) is 30.3 Å². The molecule has 6 rings (SSSR count). The topological polar surface area (TPSA) is 124 Å². The van der Waals surface area contributed by atoms with Gasteiger partial charge in [0, 0.05) is 31.6 Å². The molecule has 254 valence electrons. The van der Waals surface area contributed by atoms with E-state index in [4.69, 9.17) is 14.2 Å². The van der Waals surface area contributed by atoms with Crippen LogP contribution in [0.2, 0.25) is 0 Å². The van der Waals surface area contributed by atoms with Crippen LogP contribution in [0, 0.1) is 5.92 Å². The molecule has 3 aliphatic rings. The average molecular weight is 648 g/mol. The first-order valence-corrected chi connectivity index (χ1v) is 17.2. The maximum absolute atomic E-state index is 13.6. The number of amides is 2. The Bertz CT molecular complexity index is 1540. The molecule has 2 saturated heterocycles. The molecule has 3 atom stereocenters. The zero-order valence-corrected chi connectivity index (χ0v) is 28.4. The Morgan fingerprint density at radius 3 is 2.55 bits per heavy atom. The fourth-order valence-corrected chi connectivity index (χ4v) is 6.78. The van der Waals surface area contributed by atoms with Gasteiger partial charge in [-0.05, 0) is 103 Å². The van der Waals surface area contributed by atoms with Gasteiger partial charge in [0.15, 0.2) is 12.0 Å². The van der Waals surface area contributed by atoms with Gasteiger partial charge in [-0.2, -0.15) is 10.2 Å². The molecule has 2 amide bonds. The lowest BCUT2D eigenvalue weighted by atomic mass is 9.84. The molecule has 3 fully saturated rings. The number of carbonyl (C=O) groups excluding carboxylic acids is 2. The summed E-state index contributed by atoms with van der Waals surface area (Å²) in [6.45, 7) is 10.6. The smallest absolute Gasteiger partial charge is 0.410 e. The molecule has 12 heteroatoms. The normalized spacial score (nSPS) is 21.2. The van der Waals surface area contributed by atoms with E-state index in [9.17, 15) is 9.59 Å². The predicted molar refractivity (Wildman–Crippen MR) is 179 cm³/mol. The molecular weight excluding hydrogens is 598 g/mol. The number of methoxy groups -OCH3 is 1. The second kappa shape index (κ2) is 14.0. The maximum Gasteiger partial charge on any atom is 0.410 e. The van der Waals surface area contributed by atoms with E-state index >= 15 is 0 Å². The molecule has 0 spiro atoms. The summed E-state index contributed by atoms with van der Waals surface area (Å²) in [4.78, 5) is 31.0. The van der Waals surface area contributed by atoms with Crippen LogP contribution in [-0.2, 0) is 9.47 Å². The number of hydrogen-bond acceptors (Lipinski definition) is 9. The third-order valence-electron chi connectivity index (χ3n) is 9.54. The molecule has 1 aromatic carbocycles. The molecule has 0 radical (unpaired) electrons. The number of fused-ring (bicyclic) bond motifs is 1. The molecule has 12 nitrogen and oxygen atoms in total. The molecule has 0 bridgehead atoms. The van der Waals surface area contributed by atoms with Crippen molar-refractivity contribution >= 4 is 28.7 Å². The van der Waals surface area contributed by atoms with Crippen molar-refractivity contribution in [2.75, 3.05) is 38.3 Å². The number of carbonyl (C=O) groups is 2. The molecular formula is C35H49N7O5. The van der Waals surface area contributed by atoms with Crippen molar-refractivity contribution in [2.45, 2.75) is 103 Å². The first-order chi connectivity index (χ1) is 22.6. The SMILES string of the molecule is COc1ccc(C(=O)NC(C)c2ccc(N3CCC[C@@H](N(CC4CCC4)C(=O)OC(C)(C)C)C3)nn2)c2cnn(C3CCCCO3)c12. The van der Waals surface area contributed by atoms with Crippen LogP contribution in [0.5, 0.6) is 5.75 Å². The molecule has 1 N–H and O–H groups in total. The van der Waals surface area contributed by atoms with E-state index in [1.165, 1.54) is 19.3 Å². The Kier molecular flexibility index (Phi) is 9.86. The van der Waals surface area contributed by atoms with E-state index in [1.54, 1.807) is 25.4 Å². The van der Waals surface area contributed by atoms with E-state index in [0.29, 0.717) is 41.5 Å². The first-order valence-electron chi connectivity index (χ1n) is 17.2. The van der Waals surface area contributed by atoms with Crippen LogP contribution in [0.25, 0.3) is 10.9 Å². The first kappa shape index (κ1) is 33.0. The zero-order valence-electron chi connectivity index (χ0n) is 28.4. The maximum atomic E-state index is 13.6. The van der Waals surface area contributed by atoms with Crippen molar-refractivity contribution < 1.29 is 23.8 Å². The molecule has 47 heavy (non-hydrogen) atoms. The van der Waals surface area contributed by atoms with Crippen LogP contribution in [0.4, 0.5) is 10.6 Å². The lowest BCUT2D eigenvalue weighted by molar-refractivity contribution is -0.0368. The molecule has 4 heterocycles. The van der Waals surface area contributed by atoms with Gasteiger partial charge in [0.05, 0.1) is 36.6 Å². The summed E-state index contributed by atoms with van der Waals surface area (Å²) in [5, 5.41) is 17.5. The summed E-state index contributed by atoms with van der Waals surface area (Å²) >= 11 is 0. The summed E-state index contributed by atoms with van der Waals surface area (Å²) < 4.78 is 19.3. The van der Waals surface area contributed by atoms with Crippen molar-refractivity contribution in [1.82, 2.24) is 30.2 Å². The third-order valence-corrected chi connectivity index (χ3v) is 9.54. The van der Waals surface area contributed by atoms with Crippen LogP contribution in [-0.4, -0.2) is 81.9 Å². The summed E-state index contributed by atoms with van der Waals surface area (Å²) in [6.07, 6.45) is 9.71. The Balaban J connectivity index is 1.13. The highest BCUT2D eigenvalue weighted by molar-refractivity contribution is 6.07. The predicted octanol–water partition coefficient (Wildman–Crippen LogP) is 6.03. The van der Waals surface area contributed by atoms with Crippen molar-refractivity contribution in [3.8, 4) is 5.75 Å². The van der Waals surface area contributed by atoms with Crippen molar-refractivity contribution in [1.29, 1.82) is 0 Å². The van der Waals surface area contributed by atoms with E-state index < -0.39 is 5.60 Å². The van der Waals surface area contributed by atoms with Gasteiger partial charge in [0.25, 0.3) is 5.91 Å². The van der Waals surface area contributed by atoms with Crippen LogP contribution in [0.3, 0.4) is 0 Å². The van der Waals surface area contributed by atoms with Gasteiger partial charge in [-0.15, -0.1) is 5.10 Å². The highest BCUT2D eigenvalue weighted by atomic mass is 16.6. The summed E-state index contributed by atoms with van der Waals surface area (Å²) in [5.74, 6) is 1.73. The monoisotopic (exact) mass is 647 g/mol. The minimum absolute atomic E-state index is 0.0502. The third kappa shape index (κ3) is 7.47.